The molecule has 3 N–H and O–H groups in total. The second kappa shape index (κ2) is 6.70. The maximum absolute atomic E-state index is 13.8. The third-order valence-corrected chi connectivity index (χ3v) is 3.56. The molecule has 9 nitrogen and oxygen atoms in total. The largest absolute Gasteiger partial charge is 0.378 e. The topological polar surface area (TPSA) is 120 Å². The summed E-state index contributed by atoms with van der Waals surface area (Å²) in [6, 6.07) is 3.24. The molecular weight excluding hydrogens is 346 g/mol. The lowest BCUT2D eigenvalue weighted by atomic mass is 10.1. The maximum Gasteiger partial charge on any atom is 0.243 e. The minimum absolute atomic E-state index is 0.0590. The predicted octanol–water partition coefficient (Wildman–Crippen LogP) is 1.80. The molecule has 0 aliphatic carbocycles. The molecule has 0 aliphatic rings. The maximum atomic E-state index is 13.8. The van der Waals surface area contributed by atoms with Crippen molar-refractivity contribution < 1.29 is 13.4 Å². The van der Waals surface area contributed by atoms with Gasteiger partial charge in [-0.2, -0.15) is 9.78 Å². The van der Waals surface area contributed by atoms with Crippen LogP contribution in [0.15, 0.2) is 34.5 Å². The average molecular weight is 360 g/mol. The van der Waals surface area contributed by atoms with E-state index in [0.29, 0.717) is 22.8 Å². The van der Waals surface area contributed by atoms with Crippen LogP contribution in [0.4, 0.5) is 14.6 Å². The third-order valence-electron chi connectivity index (χ3n) is 3.56. The van der Waals surface area contributed by atoms with E-state index in [4.69, 9.17) is 5.73 Å². The fourth-order valence-electron chi connectivity index (χ4n) is 2.19. The van der Waals surface area contributed by atoms with E-state index < -0.39 is 11.6 Å². The number of rotatable bonds is 5. The highest BCUT2D eigenvalue weighted by atomic mass is 19.1. The second-order valence-corrected chi connectivity index (χ2v) is 5.32. The minimum Gasteiger partial charge on any atom is -0.378 e. The highest BCUT2D eigenvalue weighted by Gasteiger charge is 2.18. The Kier molecular flexibility index (Phi) is 4.43. The molecule has 26 heavy (non-hydrogen) atoms. The number of nitrogens with zero attached hydrogens (tertiary/aromatic N) is 6. The molecule has 3 rings (SSSR count). The van der Waals surface area contributed by atoms with Crippen molar-refractivity contribution in [1.29, 1.82) is 0 Å². The predicted molar refractivity (Wildman–Crippen MR) is 89.1 cm³/mol. The van der Waals surface area contributed by atoms with Crippen molar-refractivity contribution in [2.24, 2.45) is 5.10 Å². The zero-order valence-corrected chi connectivity index (χ0v) is 13.9. The van der Waals surface area contributed by atoms with Gasteiger partial charge < -0.3 is 5.73 Å². The van der Waals surface area contributed by atoms with Gasteiger partial charge in [-0.25, -0.2) is 13.4 Å². The van der Waals surface area contributed by atoms with Gasteiger partial charge in [-0.15, -0.1) is 5.10 Å². The molecule has 2 heterocycles. The molecular formula is C15H14F2N8O. The molecule has 0 bridgehead atoms. The van der Waals surface area contributed by atoms with Crippen LogP contribution in [-0.4, -0.2) is 31.0 Å². The molecule has 2 aromatic heterocycles. The van der Waals surface area contributed by atoms with Gasteiger partial charge in [0, 0.05) is 11.6 Å². The van der Waals surface area contributed by atoms with E-state index in [1.54, 1.807) is 13.8 Å². The van der Waals surface area contributed by atoms with Crippen molar-refractivity contribution in [1.82, 2.24) is 30.7 Å². The average Bonchev–Trinajstić information content (AvgIpc) is 3.17. The molecule has 0 unspecified atom stereocenters. The normalized spacial score (nSPS) is 11.6. The molecule has 3 aromatic rings. The smallest absolute Gasteiger partial charge is 0.243 e. The molecule has 1 aromatic carbocycles. The van der Waals surface area contributed by atoms with Crippen molar-refractivity contribution >= 4 is 17.2 Å². The third kappa shape index (κ3) is 3.14. The first-order valence-corrected chi connectivity index (χ1v) is 7.34. The summed E-state index contributed by atoms with van der Waals surface area (Å²) >= 11 is 0. The molecule has 0 radical (unpaired) electrons. The van der Waals surface area contributed by atoms with E-state index in [-0.39, 0.29) is 17.2 Å². The van der Waals surface area contributed by atoms with Crippen LogP contribution in [0.1, 0.15) is 23.9 Å². The van der Waals surface area contributed by atoms with Crippen molar-refractivity contribution in [3.05, 3.63) is 53.4 Å². The highest BCUT2D eigenvalue weighted by molar-refractivity contribution is 5.99. The molecule has 0 aliphatic heterocycles. The Morgan fingerprint density at radius 1 is 1.35 bits per heavy atom. The van der Waals surface area contributed by atoms with Gasteiger partial charge in [0.05, 0.1) is 17.1 Å². The van der Waals surface area contributed by atoms with Crippen LogP contribution < -0.4 is 11.2 Å². The van der Waals surface area contributed by atoms with Crippen LogP contribution in [0.25, 0.3) is 11.5 Å². The highest BCUT2D eigenvalue weighted by Crippen LogP contribution is 2.18. The molecule has 0 saturated heterocycles. The van der Waals surface area contributed by atoms with Gasteiger partial charge in [0.2, 0.25) is 11.6 Å². The number of hydrazone groups is 1. The van der Waals surface area contributed by atoms with Gasteiger partial charge in [-0.05, 0) is 36.3 Å². The Balaban J connectivity index is 1.80. The van der Waals surface area contributed by atoms with Gasteiger partial charge in [0.25, 0.3) is 0 Å². The lowest BCUT2D eigenvalue weighted by Crippen LogP contribution is -2.10. The minimum atomic E-state index is -0.713. The van der Waals surface area contributed by atoms with E-state index >= 15 is 0 Å². The summed E-state index contributed by atoms with van der Waals surface area (Å²) in [6.45, 7) is 7.11. The Hall–Kier alpha value is -3.63. The number of hydrogen-bond donors (Lipinski definition) is 2. The number of benzene rings is 1. The molecule has 0 spiro atoms. The van der Waals surface area contributed by atoms with Crippen LogP contribution in [0.2, 0.25) is 0 Å². The van der Waals surface area contributed by atoms with Gasteiger partial charge in [-0.1, -0.05) is 11.8 Å². The molecule has 0 saturated carbocycles. The van der Waals surface area contributed by atoms with Crippen LogP contribution in [-0.2, 0) is 0 Å². The van der Waals surface area contributed by atoms with E-state index in [2.05, 4.69) is 42.4 Å². The van der Waals surface area contributed by atoms with E-state index in [9.17, 15) is 8.78 Å². The summed E-state index contributed by atoms with van der Waals surface area (Å²) in [6.07, 6.45) is 0. The molecule has 0 fully saturated rings. The Labute approximate surface area is 146 Å². The number of nitrogen functional groups attached to an aromatic ring is 1. The lowest BCUT2D eigenvalue weighted by molar-refractivity contribution is 0.306. The summed E-state index contributed by atoms with van der Waals surface area (Å²) in [4.78, 5) is 0. The molecule has 0 amide bonds. The lowest BCUT2D eigenvalue weighted by Gasteiger charge is -2.06. The van der Waals surface area contributed by atoms with Crippen LogP contribution >= 0.6 is 0 Å². The summed E-state index contributed by atoms with van der Waals surface area (Å²) in [5, 5.41) is 19.1. The van der Waals surface area contributed by atoms with Gasteiger partial charge in [0.15, 0.2) is 0 Å². The van der Waals surface area contributed by atoms with Gasteiger partial charge in [-0.3, -0.25) is 5.43 Å². The molecule has 11 heteroatoms. The first-order chi connectivity index (χ1) is 12.4. The van der Waals surface area contributed by atoms with Crippen LogP contribution in [0.3, 0.4) is 0 Å². The van der Waals surface area contributed by atoms with Gasteiger partial charge >= 0.3 is 0 Å². The first kappa shape index (κ1) is 17.2. The summed E-state index contributed by atoms with van der Waals surface area (Å²) in [5.41, 5.74) is 10.0. The van der Waals surface area contributed by atoms with Gasteiger partial charge in [0.1, 0.15) is 17.3 Å². The number of nitrogens with two attached hydrogens (primary N) is 1. The monoisotopic (exact) mass is 360 g/mol. The number of nitrogens with one attached hydrogen (secondary N) is 1. The van der Waals surface area contributed by atoms with Crippen molar-refractivity contribution in [3.8, 4) is 5.82 Å². The van der Waals surface area contributed by atoms with E-state index in [1.807, 2.05) is 0 Å². The second-order valence-electron chi connectivity index (χ2n) is 5.32. The van der Waals surface area contributed by atoms with Crippen molar-refractivity contribution in [3.63, 3.8) is 0 Å². The standard InChI is InChI=1S/C15H14F2N8O/c1-7(11-5-4-10(16)6-12(11)17)19-20-8(2)13-9(3)25(24-21-13)15-14(18)22-26-23-15/h4-6,20H,2H2,1,3H3,(H2,18,22). The van der Waals surface area contributed by atoms with E-state index in [0.717, 1.165) is 12.1 Å². The quantitative estimate of drug-likeness (QED) is 0.526. The number of aromatic nitrogens is 5. The molecule has 0 atom stereocenters. The Bertz CT molecular complexity index is 1010. The van der Waals surface area contributed by atoms with Crippen LogP contribution in [0.5, 0.6) is 0 Å². The molecule has 134 valence electrons. The number of hydrogen-bond acceptors (Lipinski definition) is 8. The Morgan fingerprint density at radius 3 is 2.77 bits per heavy atom. The zero-order chi connectivity index (χ0) is 18.8. The summed E-state index contributed by atoms with van der Waals surface area (Å²) in [7, 11) is 0. The first-order valence-electron chi connectivity index (χ1n) is 7.34. The van der Waals surface area contributed by atoms with Crippen molar-refractivity contribution in [2.75, 3.05) is 5.73 Å². The summed E-state index contributed by atoms with van der Waals surface area (Å²) in [5.74, 6) is -1.12. The zero-order valence-electron chi connectivity index (χ0n) is 13.9. The van der Waals surface area contributed by atoms with Crippen molar-refractivity contribution in [2.45, 2.75) is 13.8 Å². The fourth-order valence-corrected chi connectivity index (χ4v) is 2.19. The fraction of sp³-hybridized carbons (Fsp3) is 0.133. The van der Waals surface area contributed by atoms with Crippen LogP contribution in [0, 0.1) is 18.6 Å². The van der Waals surface area contributed by atoms with E-state index in [1.165, 1.54) is 10.7 Å². The number of anilines is 1. The SMILES string of the molecule is C=C(NN=C(C)c1ccc(F)cc1F)c1nnn(-c2nonc2N)c1C. The number of halogens is 2. The Morgan fingerprint density at radius 2 is 2.12 bits per heavy atom. The summed E-state index contributed by atoms with van der Waals surface area (Å²) < 4.78 is 32.6.